The maximum Gasteiger partial charge on any atom is 0.303 e. The minimum absolute atomic E-state index is 0.330. The van der Waals surface area contributed by atoms with Crippen LogP contribution in [0.25, 0.3) is 0 Å². The van der Waals surface area contributed by atoms with Crippen molar-refractivity contribution in [2.45, 2.75) is 50.3 Å². The van der Waals surface area contributed by atoms with Gasteiger partial charge in [-0.15, -0.1) is 0 Å². The molecule has 120 valence electrons. The molecule has 0 amide bonds. The Labute approximate surface area is 129 Å². The second-order valence-corrected chi connectivity index (χ2v) is 5.48. The van der Waals surface area contributed by atoms with Gasteiger partial charge in [-0.05, 0) is 0 Å². The molecule has 0 spiro atoms. The van der Waals surface area contributed by atoms with Crippen LogP contribution in [0.5, 0.6) is 0 Å². The molecule has 0 aromatic heterocycles. The summed E-state index contributed by atoms with van der Waals surface area (Å²) in [4.78, 5) is 32.2. The van der Waals surface area contributed by atoms with Gasteiger partial charge in [-0.1, -0.05) is 15.9 Å². The van der Waals surface area contributed by atoms with Crippen LogP contribution < -0.4 is 0 Å². The van der Waals surface area contributed by atoms with Crippen molar-refractivity contribution in [3.8, 4) is 0 Å². The summed E-state index contributed by atoms with van der Waals surface area (Å²) in [5.74, 6) is -1.90. The van der Waals surface area contributed by atoms with Crippen LogP contribution in [0.3, 0.4) is 0 Å². The van der Waals surface area contributed by atoms with Gasteiger partial charge < -0.3 is 18.9 Å². The summed E-state index contributed by atoms with van der Waals surface area (Å²) in [6.07, 6.45) is -4.94. The van der Waals surface area contributed by atoms with E-state index in [2.05, 4.69) is 15.9 Å². The Morgan fingerprint density at radius 3 is 2.29 bits per heavy atom. The van der Waals surface area contributed by atoms with Crippen molar-refractivity contribution in [2.75, 3.05) is 6.61 Å². The van der Waals surface area contributed by atoms with Crippen LogP contribution >= 0.6 is 15.9 Å². The first-order valence-electron chi connectivity index (χ1n) is 6.13. The average molecular weight is 371 g/mol. The van der Waals surface area contributed by atoms with Gasteiger partial charge in [0, 0.05) is 20.8 Å². The molecule has 0 aromatic rings. The molecule has 21 heavy (non-hydrogen) atoms. The summed E-state index contributed by atoms with van der Waals surface area (Å²) in [7, 11) is 0. The Morgan fingerprint density at radius 2 is 1.81 bits per heavy atom. The zero-order valence-electron chi connectivity index (χ0n) is 11.7. The van der Waals surface area contributed by atoms with Crippen molar-refractivity contribution >= 4 is 33.8 Å². The van der Waals surface area contributed by atoms with E-state index in [1.807, 2.05) is 0 Å². The van der Waals surface area contributed by atoms with Gasteiger partial charge in [0.2, 0.25) is 6.36 Å². The fraction of sp³-hybridized carbons (Fsp3) is 0.750. The predicted octanol–water partition coefficient (Wildman–Crippen LogP) is 0.871. The molecular formula is C12H16BrFO7. The third-order valence-corrected chi connectivity index (χ3v) is 3.55. The van der Waals surface area contributed by atoms with Crippen molar-refractivity contribution in [1.82, 2.24) is 0 Å². The Kier molecular flexibility index (Phi) is 6.53. The zero-order chi connectivity index (χ0) is 16.2. The van der Waals surface area contributed by atoms with Crippen LogP contribution in [0.15, 0.2) is 0 Å². The number of esters is 3. The maximum atomic E-state index is 13.7. The Hall–Kier alpha value is -1.22. The van der Waals surface area contributed by atoms with Crippen molar-refractivity contribution in [3.05, 3.63) is 0 Å². The topological polar surface area (TPSA) is 88.1 Å². The molecule has 0 N–H and O–H groups in total. The lowest BCUT2D eigenvalue weighted by Crippen LogP contribution is -2.44. The summed E-state index contributed by atoms with van der Waals surface area (Å²) < 4.78 is 33.4. The minimum Gasteiger partial charge on any atom is -0.462 e. The molecule has 0 unspecified atom stereocenters. The van der Waals surface area contributed by atoms with E-state index in [0.717, 1.165) is 13.8 Å². The number of carbonyl (C=O) groups is 3. The molecule has 9 heteroatoms. The predicted molar refractivity (Wildman–Crippen MR) is 70.2 cm³/mol. The quantitative estimate of drug-likeness (QED) is 0.403. The second kappa shape index (κ2) is 7.69. The van der Waals surface area contributed by atoms with Gasteiger partial charge in [-0.25, -0.2) is 4.39 Å². The van der Waals surface area contributed by atoms with Crippen molar-refractivity contribution < 1.29 is 37.7 Å². The van der Waals surface area contributed by atoms with Crippen molar-refractivity contribution in [3.63, 3.8) is 0 Å². The number of carbonyl (C=O) groups excluding carboxylic acids is 3. The van der Waals surface area contributed by atoms with Crippen molar-refractivity contribution in [1.29, 1.82) is 0 Å². The number of halogens is 2. The first-order valence-corrected chi connectivity index (χ1v) is 7.05. The highest BCUT2D eigenvalue weighted by Gasteiger charge is 2.50. The van der Waals surface area contributed by atoms with Crippen LogP contribution in [0.2, 0.25) is 0 Å². The third kappa shape index (κ3) is 5.24. The Balaban J connectivity index is 2.88. The highest BCUT2D eigenvalue weighted by atomic mass is 79.9. The highest BCUT2D eigenvalue weighted by molar-refractivity contribution is 9.09. The SMILES string of the molecule is CC(=O)OC[C@H](OC(C)=O)[C@H]1O[C@@H](F)[C@H](Br)[C@H]1OC(C)=O. The van der Waals surface area contributed by atoms with Gasteiger partial charge in [-0.3, -0.25) is 14.4 Å². The molecule has 1 rings (SSSR count). The molecule has 0 bridgehead atoms. The first-order chi connectivity index (χ1) is 9.72. The monoisotopic (exact) mass is 370 g/mol. The lowest BCUT2D eigenvalue weighted by Gasteiger charge is -2.26. The number of rotatable bonds is 5. The fourth-order valence-corrected chi connectivity index (χ4v) is 2.40. The van der Waals surface area contributed by atoms with Crippen LogP contribution in [0.4, 0.5) is 4.39 Å². The lowest BCUT2D eigenvalue weighted by molar-refractivity contribution is -0.177. The number of hydrogen-bond donors (Lipinski definition) is 0. The van der Waals surface area contributed by atoms with Gasteiger partial charge in [0.1, 0.15) is 23.6 Å². The zero-order valence-corrected chi connectivity index (χ0v) is 13.3. The van der Waals surface area contributed by atoms with E-state index in [0.29, 0.717) is 0 Å². The largest absolute Gasteiger partial charge is 0.462 e. The van der Waals surface area contributed by atoms with Gasteiger partial charge in [0.15, 0.2) is 6.10 Å². The fourth-order valence-electron chi connectivity index (χ4n) is 1.86. The van der Waals surface area contributed by atoms with E-state index in [-0.39, 0.29) is 6.61 Å². The lowest BCUT2D eigenvalue weighted by atomic mass is 10.1. The molecule has 1 aliphatic heterocycles. The molecule has 0 saturated carbocycles. The summed E-state index contributed by atoms with van der Waals surface area (Å²) in [6, 6.07) is 0. The summed E-state index contributed by atoms with van der Waals surface area (Å²) >= 11 is 3.03. The average Bonchev–Trinajstić information content (AvgIpc) is 2.61. The van der Waals surface area contributed by atoms with Gasteiger partial charge in [-0.2, -0.15) is 0 Å². The Bertz CT molecular complexity index is 416. The van der Waals surface area contributed by atoms with E-state index in [4.69, 9.17) is 18.9 Å². The molecule has 1 saturated heterocycles. The van der Waals surface area contributed by atoms with Crippen molar-refractivity contribution in [2.24, 2.45) is 0 Å². The van der Waals surface area contributed by atoms with Crippen LogP contribution in [-0.2, 0) is 33.3 Å². The molecule has 0 aliphatic carbocycles. The summed E-state index contributed by atoms with van der Waals surface area (Å²) in [6.45, 7) is 3.16. The van der Waals surface area contributed by atoms with E-state index in [9.17, 15) is 18.8 Å². The number of alkyl halides is 2. The van der Waals surface area contributed by atoms with E-state index < -0.39 is 47.4 Å². The van der Waals surface area contributed by atoms with Gasteiger partial charge >= 0.3 is 17.9 Å². The summed E-state index contributed by atoms with van der Waals surface area (Å²) in [5.41, 5.74) is 0. The van der Waals surface area contributed by atoms with Gasteiger partial charge in [0.25, 0.3) is 0 Å². The van der Waals surface area contributed by atoms with Gasteiger partial charge in [0.05, 0.1) is 0 Å². The smallest absolute Gasteiger partial charge is 0.303 e. The first kappa shape index (κ1) is 17.8. The van der Waals surface area contributed by atoms with E-state index >= 15 is 0 Å². The molecule has 0 aromatic carbocycles. The molecule has 5 atom stereocenters. The maximum absolute atomic E-state index is 13.7. The second-order valence-electron chi connectivity index (χ2n) is 4.42. The van der Waals surface area contributed by atoms with Crippen LogP contribution in [0, 0.1) is 0 Å². The van der Waals surface area contributed by atoms with Crippen LogP contribution in [-0.4, -0.2) is 54.0 Å². The molecule has 1 aliphatic rings. The number of ether oxygens (including phenoxy) is 4. The molecule has 1 heterocycles. The third-order valence-electron chi connectivity index (χ3n) is 2.61. The summed E-state index contributed by atoms with van der Waals surface area (Å²) in [5, 5.41) is 0. The molecule has 0 radical (unpaired) electrons. The number of hydrogen-bond acceptors (Lipinski definition) is 7. The van der Waals surface area contributed by atoms with E-state index in [1.54, 1.807) is 0 Å². The molecule has 7 nitrogen and oxygen atoms in total. The van der Waals surface area contributed by atoms with Crippen LogP contribution in [0.1, 0.15) is 20.8 Å². The molecular weight excluding hydrogens is 355 g/mol. The Morgan fingerprint density at radius 1 is 1.19 bits per heavy atom. The minimum atomic E-state index is -1.75. The molecule has 1 fully saturated rings. The standard InChI is InChI=1S/C12H16BrFO7/c1-5(15)18-4-8(19-6(2)16)10-11(20-7(3)17)9(13)12(14)21-10/h8-12H,4H2,1-3H3/t8-,9+,10+,11+,12+/m0/s1. The highest BCUT2D eigenvalue weighted by Crippen LogP contribution is 2.33. The van der Waals surface area contributed by atoms with E-state index in [1.165, 1.54) is 6.92 Å². The normalized spacial score (nSPS) is 29.6.